The molecule has 2 aliphatic rings. The van der Waals surface area contributed by atoms with E-state index in [0.717, 1.165) is 17.5 Å². The zero-order valence-electron chi connectivity index (χ0n) is 12.7. The van der Waals surface area contributed by atoms with E-state index in [0.29, 0.717) is 12.5 Å². The molecule has 1 saturated carbocycles. The Morgan fingerprint density at radius 3 is 2.62 bits per heavy atom. The summed E-state index contributed by atoms with van der Waals surface area (Å²) in [6.45, 7) is 2.22. The summed E-state index contributed by atoms with van der Waals surface area (Å²) in [5, 5.41) is 0. The summed E-state index contributed by atoms with van der Waals surface area (Å²) in [4.78, 5) is 26.5. The van der Waals surface area contributed by atoms with E-state index in [-0.39, 0.29) is 17.7 Å². The summed E-state index contributed by atoms with van der Waals surface area (Å²) in [5.41, 5.74) is 1.82. The molecule has 21 heavy (non-hydrogen) atoms. The summed E-state index contributed by atoms with van der Waals surface area (Å²) in [6.07, 6.45) is 7.11. The van der Waals surface area contributed by atoms with Crippen LogP contribution in [-0.4, -0.2) is 22.6 Å². The third-order valence-corrected chi connectivity index (χ3v) is 4.98. The van der Waals surface area contributed by atoms with Crippen LogP contribution in [0.5, 0.6) is 0 Å². The van der Waals surface area contributed by atoms with Gasteiger partial charge in [-0.15, -0.1) is 0 Å². The zero-order valence-corrected chi connectivity index (χ0v) is 12.7. The van der Waals surface area contributed by atoms with Gasteiger partial charge in [0.1, 0.15) is 0 Å². The van der Waals surface area contributed by atoms with E-state index >= 15 is 0 Å². The fourth-order valence-corrected chi connectivity index (χ4v) is 3.78. The van der Waals surface area contributed by atoms with Gasteiger partial charge in [0.2, 0.25) is 0 Å². The molecule has 0 unspecified atom stereocenters. The minimum absolute atomic E-state index is 0.0293. The van der Waals surface area contributed by atoms with E-state index in [1.54, 1.807) is 11.8 Å². The molecule has 0 N–H and O–H groups in total. The number of ketones is 1. The molecule has 0 bridgehead atoms. The predicted molar refractivity (Wildman–Crippen MR) is 82.0 cm³/mol. The molecule has 0 aromatic heterocycles. The number of benzene rings is 1. The first-order valence-electron chi connectivity index (χ1n) is 8.06. The Hall–Kier alpha value is -1.64. The molecule has 3 heteroatoms. The highest BCUT2D eigenvalue weighted by Crippen LogP contribution is 2.32. The fraction of sp³-hybridized carbons (Fsp3) is 0.556. The van der Waals surface area contributed by atoms with Gasteiger partial charge in [0, 0.05) is 12.1 Å². The van der Waals surface area contributed by atoms with Crippen LogP contribution in [0, 0.1) is 5.92 Å². The molecular weight excluding hydrogens is 262 g/mol. The van der Waals surface area contributed by atoms with Crippen LogP contribution in [0.15, 0.2) is 24.3 Å². The molecular formula is C18H23NO2. The first kappa shape index (κ1) is 14.3. The van der Waals surface area contributed by atoms with Gasteiger partial charge in [-0.3, -0.25) is 9.59 Å². The van der Waals surface area contributed by atoms with Crippen molar-refractivity contribution in [3.63, 3.8) is 0 Å². The van der Waals surface area contributed by atoms with Crippen LogP contribution in [0.3, 0.4) is 0 Å². The van der Waals surface area contributed by atoms with Crippen LogP contribution in [0.25, 0.3) is 0 Å². The monoisotopic (exact) mass is 285 g/mol. The molecule has 1 heterocycles. The molecule has 1 amide bonds. The van der Waals surface area contributed by atoms with Crippen molar-refractivity contribution in [2.75, 3.05) is 0 Å². The molecule has 1 aromatic carbocycles. The average molecular weight is 285 g/mol. The van der Waals surface area contributed by atoms with Crippen molar-refractivity contribution in [3.8, 4) is 0 Å². The number of Topliss-reactive ketones (excluding diaryl/α,β-unsaturated/α-hetero) is 1. The Kier molecular flexibility index (Phi) is 4.09. The highest BCUT2D eigenvalue weighted by molar-refractivity contribution is 6.01. The van der Waals surface area contributed by atoms with Crippen LogP contribution in [0.4, 0.5) is 0 Å². The van der Waals surface area contributed by atoms with E-state index < -0.39 is 0 Å². The van der Waals surface area contributed by atoms with Crippen LogP contribution in [-0.2, 0) is 11.3 Å². The number of rotatable bonds is 4. The molecule has 1 fully saturated rings. The molecule has 1 aromatic rings. The Morgan fingerprint density at radius 2 is 1.95 bits per heavy atom. The average Bonchev–Trinajstić information content (AvgIpc) is 2.83. The number of hydrogen-bond donors (Lipinski definition) is 0. The Bertz CT molecular complexity index is 546. The maximum atomic E-state index is 12.6. The third-order valence-electron chi connectivity index (χ3n) is 4.98. The lowest BCUT2D eigenvalue weighted by molar-refractivity contribution is -0.122. The van der Waals surface area contributed by atoms with Gasteiger partial charge in [-0.2, -0.15) is 0 Å². The van der Waals surface area contributed by atoms with Gasteiger partial charge >= 0.3 is 0 Å². The van der Waals surface area contributed by atoms with Crippen molar-refractivity contribution in [1.29, 1.82) is 0 Å². The van der Waals surface area contributed by atoms with Gasteiger partial charge < -0.3 is 4.90 Å². The molecule has 1 aliphatic carbocycles. The van der Waals surface area contributed by atoms with Gasteiger partial charge in [-0.25, -0.2) is 0 Å². The topological polar surface area (TPSA) is 37.4 Å². The van der Waals surface area contributed by atoms with Gasteiger partial charge in [0.05, 0.1) is 6.04 Å². The smallest absolute Gasteiger partial charge is 0.255 e. The van der Waals surface area contributed by atoms with Gasteiger partial charge in [0.15, 0.2) is 5.78 Å². The maximum Gasteiger partial charge on any atom is 0.255 e. The molecule has 3 nitrogen and oxygen atoms in total. The summed E-state index contributed by atoms with van der Waals surface area (Å²) in [5.74, 6) is 0.757. The summed E-state index contributed by atoms with van der Waals surface area (Å²) in [6, 6.07) is 7.47. The summed E-state index contributed by atoms with van der Waals surface area (Å²) < 4.78 is 0. The predicted octanol–water partition coefficient (Wildman–Crippen LogP) is 3.57. The third kappa shape index (κ3) is 2.87. The van der Waals surface area contributed by atoms with E-state index in [2.05, 4.69) is 0 Å². The first-order valence-corrected chi connectivity index (χ1v) is 8.06. The highest BCUT2D eigenvalue weighted by Gasteiger charge is 2.35. The number of carbonyl (C=O) groups is 2. The lowest BCUT2D eigenvalue weighted by atomic mass is 9.84. The summed E-state index contributed by atoms with van der Waals surface area (Å²) >= 11 is 0. The van der Waals surface area contributed by atoms with Crippen molar-refractivity contribution in [2.24, 2.45) is 5.92 Å². The minimum atomic E-state index is -0.243. The van der Waals surface area contributed by atoms with Crippen molar-refractivity contribution in [2.45, 2.75) is 58.0 Å². The van der Waals surface area contributed by atoms with E-state index in [4.69, 9.17) is 0 Å². The Labute approximate surface area is 126 Å². The van der Waals surface area contributed by atoms with E-state index in [1.165, 1.54) is 32.1 Å². The summed E-state index contributed by atoms with van der Waals surface area (Å²) in [7, 11) is 0. The lowest BCUT2D eigenvalue weighted by Gasteiger charge is -2.31. The van der Waals surface area contributed by atoms with E-state index in [1.807, 2.05) is 24.3 Å². The number of amides is 1. The van der Waals surface area contributed by atoms with Crippen LogP contribution < -0.4 is 0 Å². The number of hydrogen-bond acceptors (Lipinski definition) is 2. The molecule has 3 rings (SSSR count). The SMILES string of the molecule is CC(=O)[C@H](CC1CCCCC1)N1Cc2ccccc2C1=O. The molecule has 1 atom stereocenters. The largest absolute Gasteiger partial charge is 0.324 e. The van der Waals surface area contributed by atoms with Gasteiger partial charge in [-0.1, -0.05) is 50.3 Å². The van der Waals surface area contributed by atoms with Gasteiger partial charge in [0.25, 0.3) is 5.91 Å². The molecule has 112 valence electrons. The number of nitrogens with zero attached hydrogens (tertiary/aromatic N) is 1. The maximum absolute atomic E-state index is 12.6. The van der Waals surface area contributed by atoms with Crippen molar-refractivity contribution >= 4 is 11.7 Å². The van der Waals surface area contributed by atoms with Crippen molar-refractivity contribution < 1.29 is 9.59 Å². The molecule has 1 aliphatic heterocycles. The van der Waals surface area contributed by atoms with Gasteiger partial charge in [-0.05, 0) is 30.9 Å². The minimum Gasteiger partial charge on any atom is -0.324 e. The van der Waals surface area contributed by atoms with Crippen molar-refractivity contribution in [3.05, 3.63) is 35.4 Å². The van der Waals surface area contributed by atoms with Crippen LogP contribution in [0.1, 0.15) is 61.4 Å². The Morgan fingerprint density at radius 1 is 1.24 bits per heavy atom. The quantitative estimate of drug-likeness (QED) is 0.848. The zero-order chi connectivity index (χ0) is 14.8. The first-order chi connectivity index (χ1) is 10.2. The standard InChI is InChI=1S/C18H23NO2/c1-13(20)17(11-14-7-3-2-4-8-14)19-12-15-9-5-6-10-16(15)18(19)21/h5-6,9-10,14,17H,2-4,7-8,11-12H2,1H3/t17-/m0/s1. The second kappa shape index (κ2) is 6.00. The normalized spacial score (nSPS) is 20.4. The number of fused-ring (bicyclic) bond motifs is 1. The second-order valence-corrected chi connectivity index (χ2v) is 6.46. The molecule has 0 radical (unpaired) electrons. The molecule has 0 spiro atoms. The highest BCUT2D eigenvalue weighted by atomic mass is 16.2. The van der Waals surface area contributed by atoms with E-state index in [9.17, 15) is 9.59 Å². The molecule has 0 saturated heterocycles. The van der Waals surface area contributed by atoms with Crippen LogP contribution >= 0.6 is 0 Å². The number of carbonyl (C=O) groups excluding carboxylic acids is 2. The van der Waals surface area contributed by atoms with Crippen molar-refractivity contribution in [1.82, 2.24) is 4.90 Å². The Balaban J connectivity index is 1.76. The fourth-order valence-electron chi connectivity index (χ4n) is 3.78. The second-order valence-electron chi connectivity index (χ2n) is 6.46. The lowest BCUT2D eigenvalue weighted by Crippen LogP contribution is -2.41. The van der Waals surface area contributed by atoms with Crippen LogP contribution in [0.2, 0.25) is 0 Å².